The lowest BCUT2D eigenvalue weighted by Crippen LogP contribution is -2.01. The molecule has 1 aromatic rings. The van der Waals surface area contributed by atoms with Crippen LogP contribution in [0.1, 0.15) is 30.4 Å². The summed E-state index contributed by atoms with van der Waals surface area (Å²) >= 11 is 0. The first-order valence-corrected chi connectivity index (χ1v) is 4.82. The number of aryl methyl sites for hydroxylation is 1. The summed E-state index contributed by atoms with van der Waals surface area (Å²) in [6.45, 7) is 7.43. The number of hydrogen-bond donors (Lipinski definition) is 0. The van der Waals surface area contributed by atoms with E-state index in [0.29, 0.717) is 6.42 Å². The van der Waals surface area contributed by atoms with Gasteiger partial charge in [-0.25, -0.2) is 0 Å². The minimum atomic E-state index is 0.160. The lowest BCUT2D eigenvalue weighted by Gasteiger charge is -2.10. The highest BCUT2D eigenvalue weighted by Gasteiger charge is 2.09. The van der Waals surface area contributed by atoms with E-state index in [4.69, 9.17) is 0 Å². The third-order valence-corrected chi connectivity index (χ3v) is 2.30. The highest BCUT2D eigenvalue weighted by molar-refractivity contribution is 5.76. The molecule has 1 aromatic carbocycles. The summed E-state index contributed by atoms with van der Waals surface area (Å²) in [6.07, 6.45) is 2.39. The molecule has 0 radical (unpaired) electrons. The normalized spacial score (nSPS) is 12.1. The van der Waals surface area contributed by atoms with E-state index in [1.54, 1.807) is 6.92 Å². The third-order valence-electron chi connectivity index (χ3n) is 2.30. The summed E-state index contributed by atoms with van der Waals surface area (Å²) in [5.74, 6) is 0.364. The fraction of sp³-hybridized carbons (Fsp3) is 0.308. The predicted octanol–water partition coefficient (Wildman–Crippen LogP) is 3.24. The Hall–Kier alpha value is -1.37. The topological polar surface area (TPSA) is 17.1 Å². The SMILES string of the molecule is C=CC(CC(C)=O)c1ccc(C)cc1. The fourth-order valence-corrected chi connectivity index (χ4v) is 1.46. The molecule has 14 heavy (non-hydrogen) atoms. The molecule has 0 saturated carbocycles. The van der Waals surface area contributed by atoms with Crippen molar-refractivity contribution < 1.29 is 4.79 Å². The van der Waals surface area contributed by atoms with Crippen molar-refractivity contribution in [1.82, 2.24) is 0 Å². The van der Waals surface area contributed by atoms with Crippen LogP contribution >= 0.6 is 0 Å². The number of ketones is 1. The quantitative estimate of drug-likeness (QED) is 0.663. The van der Waals surface area contributed by atoms with Gasteiger partial charge in [0.05, 0.1) is 0 Å². The minimum absolute atomic E-state index is 0.160. The van der Waals surface area contributed by atoms with Crippen LogP contribution in [0.15, 0.2) is 36.9 Å². The number of carbonyl (C=O) groups is 1. The average Bonchev–Trinajstić information content (AvgIpc) is 2.15. The highest BCUT2D eigenvalue weighted by Crippen LogP contribution is 2.21. The zero-order valence-electron chi connectivity index (χ0n) is 8.79. The molecule has 0 fully saturated rings. The first-order valence-electron chi connectivity index (χ1n) is 4.82. The van der Waals surface area contributed by atoms with Gasteiger partial charge in [0.2, 0.25) is 0 Å². The summed E-state index contributed by atoms with van der Waals surface area (Å²) in [4.78, 5) is 11.0. The molecular formula is C13H16O. The molecule has 0 aliphatic rings. The summed E-state index contributed by atoms with van der Waals surface area (Å²) in [5.41, 5.74) is 2.40. The fourth-order valence-electron chi connectivity index (χ4n) is 1.46. The summed E-state index contributed by atoms with van der Waals surface area (Å²) in [7, 11) is 0. The van der Waals surface area contributed by atoms with Crippen molar-refractivity contribution >= 4 is 5.78 Å². The molecule has 1 atom stereocenters. The second-order valence-electron chi connectivity index (χ2n) is 3.66. The van der Waals surface area contributed by atoms with Crippen molar-refractivity contribution in [2.24, 2.45) is 0 Å². The van der Waals surface area contributed by atoms with E-state index >= 15 is 0 Å². The van der Waals surface area contributed by atoms with Crippen LogP contribution in [0.4, 0.5) is 0 Å². The van der Waals surface area contributed by atoms with Gasteiger partial charge in [-0.1, -0.05) is 35.9 Å². The first-order chi connectivity index (χ1) is 6.63. The lowest BCUT2D eigenvalue weighted by atomic mass is 9.94. The van der Waals surface area contributed by atoms with Crippen molar-refractivity contribution in [3.05, 3.63) is 48.0 Å². The van der Waals surface area contributed by atoms with Gasteiger partial charge in [-0.05, 0) is 19.4 Å². The molecule has 1 nitrogen and oxygen atoms in total. The van der Waals surface area contributed by atoms with Gasteiger partial charge in [0.15, 0.2) is 0 Å². The molecular weight excluding hydrogens is 172 g/mol. The molecule has 74 valence electrons. The standard InChI is InChI=1S/C13H16O/c1-4-12(9-11(3)14)13-7-5-10(2)6-8-13/h4-8,12H,1,9H2,2-3H3. The molecule has 0 heterocycles. The number of benzene rings is 1. The zero-order valence-corrected chi connectivity index (χ0v) is 8.79. The van der Waals surface area contributed by atoms with Crippen LogP contribution in [0.2, 0.25) is 0 Å². The third kappa shape index (κ3) is 2.84. The van der Waals surface area contributed by atoms with Gasteiger partial charge in [-0.3, -0.25) is 4.79 Å². The van der Waals surface area contributed by atoms with Gasteiger partial charge in [-0.15, -0.1) is 6.58 Å². The van der Waals surface area contributed by atoms with Crippen molar-refractivity contribution in [1.29, 1.82) is 0 Å². The van der Waals surface area contributed by atoms with E-state index in [0.717, 1.165) is 0 Å². The lowest BCUT2D eigenvalue weighted by molar-refractivity contribution is -0.117. The molecule has 1 heteroatoms. The molecule has 1 rings (SSSR count). The largest absolute Gasteiger partial charge is 0.300 e. The molecule has 0 N–H and O–H groups in total. The average molecular weight is 188 g/mol. The molecule has 0 saturated heterocycles. The summed E-state index contributed by atoms with van der Waals surface area (Å²) < 4.78 is 0. The Morgan fingerprint density at radius 2 is 2.00 bits per heavy atom. The molecule has 0 bridgehead atoms. The number of allylic oxidation sites excluding steroid dienone is 1. The number of carbonyl (C=O) groups excluding carboxylic acids is 1. The minimum Gasteiger partial charge on any atom is -0.300 e. The van der Waals surface area contributed by atoms with Gasteiger partial charge >= 0.3 is 0 Å². The van der Waals surface area contributed by atoms with Crippen LogP contribution in [0.5, 0.6) is 0 Å². The van der Waals surface area contributed by atoms with Crippen LogP contribution in [0.25, 0.3) is 0 Å². The van der Waals surface area contributed by atoms with Crippen molar-refractivity contribution in [3.8, 4) is 0 Å². The molecule has 1 unspecified atom stereocenters. The number of rotatable bonds is 4. The Kier molecular flexibility index (Phi) is 3.63. The molecule has 0 aliphatic heterocycles. The van der Waals surface area contributed by atoms with E-state index in [2.05, 4.69) is 37.8 Å². The predicted molar refractivity (Wildman–Crippen MR) is 59.4 cm³/mol. The zero-order chi connectivity index (χ0) is 10.6. The number of hydrogen-bond acceptors (Lipinski definition) is 1. The van der Waals surface area contributed by atoms with Gasteiger partial charge in [0, 0.05) is 12.3 Å². The molecule has 0 aliphatic carbocycles. The van der Waals surface area contributed by atoms with Crippen LogP contribution in [-0.2, 0) is 4.79 Å². The maximum atomic E-state index is 11.0. The van der Waals surface area contributed by atoms with E-state index in [1.165, 1.54) is 11.1 Å². The van der Waals surface area contributed by atoms with Crippen LogP contribution < -0.4 is 0 Å². The highest BCUT2D eigenvalue weighted by atomic mass is 16.1. The van der Waals surface area contributed by atoms with Crippen molar-refractivity contribution in [2.75, 3.05) is 0 Å². The Morgan fingerprint density at radius 3 is 2.43 bits per heavy atom. The van der Waals surface area contributed by atoms with Gasteiger partial charge in [0.25, 0.3) is 0 Å². The Balaban J connectivity index is 2.84. The first kappa shape index (κ1) is 10.7. The number of Topliss-reactive ketones (excluding diaryl/α,β-unsaturated/α-hetero) is 1. The molecule has 0 amide bonds. The summed E-state index contributed by atoms with van der Waals surface area (Å²) in [6, 6.07) is 8.24. The second kappa shape index (κ2) is 4.75. The van der Waals surface area contributed by atoms with E-state index in [-0.39, 0.29) is 11.7 Å². The Bertz CT molecular complexity index is 322. The van der Waals surface area contributed by atoms with E-state index < -0.39 is 0 Å². The smallest absolute Gasteiger partial charge is 0.130 e. The van der Waals surface area contributed by atoms with Crippen molar-refractivity contribution in [3.63, 3.8) is 0 Å². The van der Waals surface area contributed by atoms with Crippen LogP contribution in [-0.4, -0.2) is 5.78 Å². The second-order valence-corrected chi connectivity index (χ2v) is 3.66. The maximum Gasteiger partial charge on any atom is 0.130 e. The monoisotopic (exact) mass is 188 g/mol. The Labute approximate surface area is 85.5 Å². The van der Waals surface area contributed by atoms with Crippen LogP contribution in [0, 0.1) is 6.92 Å². The summed E-state index contributed by atoms with van der Waals surface area (Å²) in [5, 5.41) is 0. The van der Waals surface area contributed by atoms with Gasteiger partial charge in [0.1, 0.15) is 5.78 Å². The van der Waals surface area contributed by atoms with E-state index in [9.17, 15) is 4.79 Å². The maximum absolute atomic E-state index is 11.0. The van der Waals surface area contributed by atoms with Gasteiger partial charge < -0.3 is 0 Å². The molecule has 0 aromatic heterocycles. The van der Waals surface area contributed by atoms with Gasteiger partial charge in [-0.2, -0.15) is 0 Å². The van der Waals surface area contributed by atoms with Crippen LogP contribution in [0.3, 0.4) is 0 Å². The Morgan fingerprint density at radius 1 is 1.43 bits per heavy atom. The van der Waals surface area contributed by atoms with E-state index in [1.807, 2.05) is 6.08 Å². The van der Waals surface area contributed by atoms with Crippen molar-refractivity contribution in [2.45, 2.75) is 26.2 Å². The molecule has 0 spiro atoms.